The van der Waals surface area contributed by atoms with Crippen LogP contribution in [-0.2, 0) is 11.4 Å². The molecule has 0 unspecified atom stereocenters. The van der Waals surface area contributed by atoms with Crippen molar-refractivity contribution in [3.05, 3.63) is 35.9 Å². The molecule has 0 radical (unpaired) electrons. The van der Waals surface area contributed by atoms with E-state index in [1.54, 1.807) is 18.2 Å². The van der Waals surface area contributed by atoms with Crippen molar-refractivity contribution in [2.24, 2.45) is 17.8 Å². The maximum absolute atomic E-state index is 14.1. The van der Waals surface area contributed by atoms with Gasteiger partial charge in [-0.05, 0) is 68.9 Å². The lowest BCUT2D eigenvalue weighted by Gasteiger charge is -2.30. The summed E-state index contributed by atoms with van der Waals surface area (Å²) in [6.45, 7) is 4.12. The monoisotopic (exact) mass is 486 g/mol. The molecule has 5 rings (SSSR count). The van der Waals surface area contributed by atoms with Gasteiger partial charge in [0, 0.05) is 19.1 Å². The van der Waals surface area contributed by atoms with Crippen LogP contribution in [0.25, 0.3) is 0 Å². The van der Waals surface area contributed by atoms with E-state index in [1.165, 1.54) is 56.4 Å². The Morgan fingerprint density at radius 2 is 1.94 bits per heavy atom. The second-order valence-corrected chi connectivity index (χ2v) is 11.1. The van der Waals surface area contributed by atoms with Crippen LogP contribution >= 0.6 is 11.8 Å². The third-order valence-electron chi connectivity index (χ3n) is 8.03. The van der Waals surface area contributed by atoms with Crippen LogP contribution in [0.2, 0.25) is 0 Å². The lowest BCUT2D eigenvalue weighted by molar-refractivity contribution is -0.128. The molecule has 2 heterocycles. The fraction of sp³-hybridized carbons (Fsp3) is 0.654. The molecule has 1 aromatic carbocycles. The first-order valence-corrected chi connectivity index (χ1v) is 13.8. The largest absolute Gasteiger partial charge is 0.483 e. The highest BCUT2D eigenvalue weighted by molar-refractivity contribution is 7.99. The number of hydrogen-bond acceptors (Lipinski definition) is 5. The van der Waals surface area contributed by atoms with E-state index in [0.29, 0.717) is 17.5 Å². The number of aromatic nitrogens is 3. The summed E-state index contributed by atoms with van der Waals surface area (Å²) in [5.41, 5.74) is 0. The van der Waals surface area contributed by atoms with Gasteiger partial charge >= 0.3 is 0 Å². The summed E-state index contributed by atoms with van der Waals surface area (Å²) in [7, 11) is 0. The number of rotatable bonds is 8. The van der Waals surface area contributed by atoms with Crippen molar-refractivity contribution in [2.75, 3.05) is 18.8 Å². The molecule has 2 saturated carbocycles. The summed E-state index contributed by atoms with van der Waals surface area (Å²) in [4.78, 5) is 14.9. The molecule has 1 aliphatic heterocycles. The van der Waals surface area contributed by atoms with E-state index >= 15 is 0 Å². The number of carbonyl (C=O) groups is 1. The van der Waals surface area contributed by atoms with Gasteiger partial charge in [0.2, 0.25) is 5.91 Å². The lowest BCUT2D eigenvalue weighted by atomic mass is 9.84. The van der Waals surface area contributed by atoms with Crippen LogP contribution in [0.15, 0.2) is 29.4 Å². The molecule has 34 heavy (non-hydrogen) atoms. The molecule has 0 spiro atoms. The molecule has 8 heteroatoms. The average Bonchev–Trinajstić information content (AvgIpc) is 3.52. The van der Waals surface area contributed by atoms with Crippen molar-refractivity contribution in [2.45, 2.75) is 76.1 Å². The zero-order chi connectivity index (χ0) is 23.5. The summed E-state index contributed by atoms with van der Waals surface area (Å²) < 4.78 is 22.1. The average molecular weight is 487 g/mol. The molecule has 3 aliphatic rings. The van der Waals surface area contributed by atoms with Gasteiger partial charge in [0.05, 0.1) is 5.75 Å². The summed E-state index contributed by atoms with van der Waals surface area (Å²) in [6, 6.07) is 6.66. The van der Waals surface area contributed by atoms with Crippen LogP contribution in [0.5, 0.6) is 5.75 Å². The molecule has 1 aromatic heterocycles. The van der Waals surface area contributed by atoms with Gasteiger partial charge in [-0.2, -0.15) is 0 Å². The number of carbonyl (C=O) groups excluding carboxylic acids is 1. The van der Waals surface area contributed by atoms with Crippen LogP contribution in [0.4, 0.5) is 4.39 Å². The van der Waals surface area contributed by atoms with E-state index in [-0.39, 0.29) is 30.1 Å². The maximum atomic E-state index is 14.1. The molecular weight excluding hydrogens is 451 g/mol. The van der Waals surface area contributed by atoms with Crippen LogP contribution < -0.4 is 4.74 Å². The van der Waals surface area contributed by atoms with Gasteiger partial charge in [-0.1, -0.05) is 43.2 Å². The first-order chi connectivity index (χ1) is 16.6. The van der Waals surface area contributed by atoms with Crippen molar-refractivity contribution in [3.8, 4) is 5.75 Å². The first-order valence-electron chi connectivity index (χ1n) is 12.8. The fourth-order valence-corrected chi connectivity index (χ4v) is 7.18. The molecule has 2 aliphatic carbocycles. The third kappa shape index (κ3) is 5.11. The number of ether oxygens (including phenoxy) is 1. The van der Waals surface area contributed by atoms with Crippen molar-refractivity contribution in [1.82, 2.24) is 19.7 Å². The normalized spacial score (nSPS) is 25.4. The Balaban J connectivity index is 1.32. The number of likely N-dealkylation sites (tertiary alicyclic amines) is 1. The standard InChI is InChI=1S/C26H35FN4O2S/c1-18(21-15-19-10-11-20(21)14-19)31-24(16-33-23-9-5-4-8-22(23)27)28-29-26(31)34-17-25(32)30-12-6-2-3-7-13-30/h4-5,8-9,18-21H,2-3,6-7,10-17H2,1H3/t18-,19+,20+,21+/m1/s1. The maximum Gasteiger partial charge on any atom is 0.233 e. The Morgan fingerprint density at radius 1 is 1.15 bits per heavy atom. The zero-order valence-corrected chi connectivity index (χ0v) is 20.8. The summed E-state index contributed by atoms with van der Waals surface area (Å²) in [6.07, 6.45) is 9.82. The van der Waals surface area contributed by atoms with Gasteiger partial charge in [-0.3, -0.25) is 9.36 Å². The summed E-state index contributed by atoms with van der Waals surface area (Å²) in [5.74, 6) is 3.26. The molecule has 1 saturated heterocycles. The van der Waals surface area contributed by atoms with Gasteiger partial charge in [0.25, 0.3) is 0 Å². The highest BCUT2D eigenvalue weighted by Crippen LogP contribution is 2.52. The van der Waals surface area contributed by atoms with Crippen molar-refractivity contribution in [1.29, 1.82) is 0 Å². The number of fused-ring (bicyclic) bond motifs is 2. The van der Waals surface area contributed by atoms with Gasteiger partial charge in [0.1, 0.15) is 6.61 Å². The van der Waals surface area contributed by atoms with E-state index in [1.807, 2.05) is 4.90 Å². The molecule has 0 N–H and O–H groups in total. The summed E-state index contributed by atoms with van der Waals surface area (Å²) >= 11 is 1.48. The van der Waals surface area contributed by atoms with Gasteiger partial charge in [0.15, 0.2) is 22.5 Å². The Labute approximate surface area is 205 Å². The van der Waals surface area contributed by atoms with E-state index in [0.717, 1.165) is 42.9 Å². The molecule has 2 bridgehead atoms. The number of thioether (sulfide) groups is 1. The Hall–Kier alpha value is -2.09. The zero-order valence-electron chi connectivity index (χ0n) is 20.0. The molecule has 2 aromatic rings. The van der Waals surface area contributed by atoms with Gasteiger partial charge in [-0.25, -0.2) is 4.39 Å². The molecule has 1 amide bonds. The van der Waals surface area contributed by atoms with E-state index < -0.39 is 0 Å². The van der Waals surface area contributed by atoms with E-state index in [9.17, 15) is 9.18 Å². The predicted molar refractivity (Wildman–Crippen MR) is 130 cm³/mol. The summed E-state index contributed by atoms with van der Waals surface area (Å²) in [5, 5.41) is 9.68. The molecule has 3 fully saturated rings. The minimum atomic E-state index is -0.382. The van der Waals surface area contributed by atoms with Crippen LogP contribution in [0.1, 0.15) is 70.2 Å². The first kappa shape index (κ1) is 23.6. The number of halogens is 1. The number of amides is 1. The van der Waals surface area contributed by atoms with E-state index in [2.05, 4.69) is 21.7 Å². The molecule has 184 valence electrons. The van der Waals surface area contributed by atoms with Gasteiger partial charge in [-0.15, -0.1) is 10.2 Å². The number of nitrogens with zero attached hydrogens (tertiary/aromatic N) is 4. The Bertz CT molecular complexity index is 991. The van der Waals surface area contributed by atoms with Crippen LogP contribution in [0.3, 0.4) is 0 Å². The number of hydrogen-bond donors (Lipinski definition) is 0. The minimum absolute atomic E-state index is 0.153. The number of para-hydroxylation sites is 1. The quantitative estimate of drug-likeness (QED) is 0.462. The number of benzene rings is 1. The Kier molecular flexibility index (Phi) is 7.42. The lowest BCUT2D eigenvalue weighted by Crippen LogP contribution is -2.33. The minimum Gasteiger partial charge on any atom is -0.483 e. The molecule has 6 nitrogen and oxygen atoms in total. The third-order valence-corrected chi connectivity index (χ3v) is 8.96. The highest BCUT2D eigenvalue weighted by Gasteiger charge is 2.43. The SMILES string of the molecule is C[C@H]([C@@H]1C[C@H]2CC[C@H]1C2)n1c(COc2ccccc2F)nnc1SCC(=O)N1CCCCCC1. The van der Waals surface area contributed by atoms with Crippen molar-refractivity contribution in [3.63, 3.8) is 0 Å². The van der Waals surface area contributed by atoms with Crippen LogP contribution in [0, 0.1) is 23.6 Å². The van der Waals surface area contributed by atoms with E-state index in [4.69, 9.17) is 4.74 Å². The van der Waals surface area contributed by atoms with Crippen molar-refractivity contribution < 1.29 is 13.9 Å². The topological polar surface area (TPSA) is 60.2 Å². The molecular formula is C26H35FN4O2S. The van der Waals surface area contributed by atoms with Gasteiger partial charge < -0.3 is 9.64 Å². The smallest absolute Gasteiger partial charge is 0.233 e. The van der Waals surface area contributed by atoms with Crippen molar-refractivity contribution >= 4 is 17.7 Å². The van der Waals surface area contributed by atoms with Crippen LogP contribution in [-0.4, -0.2) is 44.4 Å². The Morgan fingerprint density at radius 3 is 2.65 bits per heavy atom. The predicted octanol–water partition coefficient (Wildman–Crippen LogP) is 5.49. The molecule has 4 atom stereocenters. The highest BCUT2D eigenvalue weighted by atomic mass is 32.2. The fourth-order valence-electron chi connectivity index (χ4n) is 6.23. The second-order valence-electron chi connectivity index (χ2n) is 10.2. The second kappa shape index (κ2) is 10.7.